The van der Waals surface area contributed by atoms with Gasteiger partial charge in [-0.2, -0.15) is 26.3 Å². The molecule has 0 saturated heterocycles. The van der Waals surface area contributed by atoms with Gasteiger partial charge in [0.05, 0.1) is 11.6 Å². The van der Waals surface area contributed by atoms with Gasteiger partial charge in [-0.3, -0.25) is 0 Å². The average Bonchev–Trinajstić information content (AvgIpc) is 3.26. The van der Waals surface area contributed by atoms with Gasteiger partial charge in [-0.25, -0.2) is 22.0 Å². The molecule has 80 heavy (non-hydrogen) atoms. The zero-order chi connectivity index (χ0) is 73.3. The second-order valence-corrected chi connectivity index (χ2v) is 23.1. The van der Waals surface area contributed by atoms with Crippen LogP contribution in [0.3, 0.4) is 0 Å². The number of rotatable bonds is 14. The van der Waals surface area contributed by atoms with Crippen LogP contribution in [0.25, 0.3) is 0 Å². The van der Waals surface area contributed by atoms with Crippen LogP contribution in [0.5, 0.6) is 0 Å². The Kier molecular flexibility index (Phi) is 130. The minimum atomic E-state index is -4.06. The van der Waals surface area contributed by atoms with E-state index < -0.39 is 54.4 Å². The first-order chi connectivity index (χ1) is 37.5. The number of hydrogen-bond donors (Lipinski definition) is 0. The summed E-state index contributed by atoms with van der Waals surface area (Å²) in [6.45, 7) is 68.3. The number of unbranched alkanes of at least 4 members (excludes halogenated alkanes) is 7. The molecular weight excluding hydrogens is 1040 g/mol. The van der Waals surface area contributed by atoms with Crippen molar-refractivity contribution in [1.82, 2.24) is 0 Å². The molecule has 0 aliphatic carbocycles. The highest BCUT2D eigenvalue weighted by Crippen LogP contribution is 2.36. The maximum absolute atomic E-state index is 11.9. The topological polar surface area (TPSA) is 0 Å². The minimum absolute atomic E-state index is 0.00694. The predicted octanol–water partition coefficient (Wildman–Crippen LogP) is 31.5. The SMILES string of the molecule is CC(C)(C)C(F)(F)F.CC(C)C.CC(C)C.CC(C)C.CC(C)C(F)(F)F.CCC.CCC(F)(F)CC.CCCC.CCCC(C)(F)F.CCCC(C)F.CCCCC.CCCCC.CCCCC.[2H]C(C)(C)C.[2H]C([2H])(C)C.[2H]C([2H])(C)CC. The highest BCUT2D eigenvalue weighted by molar-refractivity contribution is 4.70. The molecule has 0 amide bonds. The van der Waals surface area contributed by atoms with Gasteiger partial charge >= 0.3 is 12.4 Å². The van der Waals surface area contributed by atoms with Crippen molar-refractivity contribution in [2.24, 2.45) is 35.0 Å². The van der Waals surface area contributed by atoms with Gasteiger partial charge in [0.1, 0.15) is 0 Å². The van der Waals surface area contributed by atoms with Crippen LogP contribution in [0.1, 0.15) is 398 Å². The van der Waals surface area contributed by atoms with Crippen LogP contribution < -0.4 is 0 Å². The lowest BCUT2D eigenvalue weighted by Gasteiger charge is -2.21. The number of hydrogen-bond acceptors (Lipinski definition) is 0. The van der Waals surface area contributed by atoms with E-state index in [2.05, 4.69) is 132 Å². The Balaban J connectivity index is -0.0000000429. The molecular formula is C69H159F11. The third-order valence-electron chi connectivity index (χ3n) is 6.89. The van der Waals surface area contributed by atoms with Crippen LogP contribution in [0, 0.1) is 35.0 Å². The summed E-state index contributed by atoms with van der Waals surface area (Å²) in [5.41, 5.74) is -1.56. The summed E-state index contributed by atoms with van der Waals surface area (Å²) in [5.74, 6) is -3.82. The number of alkyl halides is 11. The fourth-order valence-electron chi connectivity index (χ4n) is 2.15. The molecule has 0 N–H and O–H groups in total. The average molecular weight is 1200 g/mol. The Morgan fingerprint density at radius 2 is 0.550 bits per heavy atom. The molecule has 0 aromatic carbocycles. The van der Waals surface area contributed by atoms with Crippen LogP contribution in [0.2, 0.25) is 0 Å². The standard InChI is InChI=1S/C5H9F3.2C5H10F2.C5H11F.3C5H12.C4H7F3.6C4H10.2C3H8/c1-4(2,3)5(6,7)8;1-3-4-5(2,6)7;1-3-5(6,7)4-2;1-3-4-5(2)6;3*1-3-5-4-2;1-3(2)4(5,6)7;4*1-4(2)3;2*1-3-4-2;2*1-3-2/h1-3H3;2*3-4H2,1-2H3;5H,3-4H2,1-2H3;3*3-5H2,1-2H3;3H,1-2H3;4*4H,1-3H3;2*3-4H2,1-2H3;2*3H2,1-2H3/i;;;;;;;;4D;;;;3D2;;3D2;. The molecule has 0 spiro atoms. The fourth-order valence-corrected chi connectivity index (χ4v) is 2.15. The van der Waals surface area contributed by atoms with E-state index >= 15 is 0 Å². The predicted molar refractivity (Wildman–Crippen MR) is 354 cm³/mol. The van der Waals surface area contributed by atoms with E-state index in [4.69, 9.17) is 6.85 Å². The van der Waals surface area contributed by atoms with Crippen molar-refractivity contribution in [1.29, 1.82) is 0 Å². The molecule has 0 aliphatic rings. The van der Waals surface area contributed by atoms with Crippen molar-refractivity contribution in [2.75, 3.05) is 0 Å². The molecule has 0 saturated carbocycles. The van der Waals surface area contributed by atoms with Crippen LogP contribution in [0.15, 0.2) is 0 Å². The minimum Gasteiger partial charge on any atom is -0.248 e. The molecule has 512 valence electrons. The van der Waals surface area contributed by atoms with Gasteiger partial charge < -0.3 is 0 Å². The molecule has 0 radical (unpaired) electrons. The van der Waals surface area contributed by atoms with E-state index in [9.17, 15) is 48.3 Å². The van der Waals surface area contributed by atoms with Crippen molar-refractivity contribution >= 4 is 0 Å². The van der Waals surface area contributed by atoms with E-state index in [0.29, 0.717) is 19.3 Å². The van der Waals surface area contributed by atoms with Gasteiger partial charge in [-0.05, 0) is 43.9 Å². The summed E-state index contributed by atoms with van der Waals surface area (Å²) in [5, 5.41) is 0. The monoisotopic (exact) mass is 1200 g/mol. The zero-order valence-electron chi connectivity index (χ0n) is 66.5. The Hall–Kier alpha value is -0.770. The molecule has 1 unspecified atom stereocenters. The highest BCUT2D eigenvalue weighted by atomic mass is 19.4. The van der Waals surface area contributed by atoms with Crippen LogP contribution in [0.4, 0.5) is 48.3 Å². The van der Waals surface area contributed by atoms with Crippen molar-refractivity contribution in [3.05, 3.63) is 0 Å². The van der Waals surface area contributed by atoms with Crippen LogP contribution in [-0.4, -0.2) is 30.4 Å². The van der Waals surface area contributed by atoms with Crippen molar-refractivity contribution in [3.63, 3.8) is 0 Å². The number of halogens is 11. The second kappa shape index (κ2) is 100. The van der Waals surface area contributed by atoms with Crippen molar-refractivity contribution in [3.8, 4) is 0 Å². The molecule has 11 heteroatoms. The van der Waals surface area contributed by atoms with E-state index in [-0.39, 0.29) is 25.2 Å². The lowest BCUT2D eigenvalue weighted by atomic mass is 9.96. The van der Waals surface area contributed by atoms with E-state index in [1.807, 2.05) is 34.6 Å². The first-order valence-electron chi connectivity index (χ1n) is 34.0. The Morgan fingerprint density at radius 1 is 0.375 bits per heavy atom. The Labute approximate surface area is 509 Å². The summed E-state index contributed by atoms with van der Waals surface area (Å²) in [6.07, 6.45) is 8.25. The van der Waals surface area contributed by atoms with E-state index in [0.717, 1.165) is 65.7 Å². The molecule has 0 aromatic heterocycles. The molecule has 0 heterocycles. The van der Waals surface area contributed by atoms with E-state index in [1.165, 1.54) is 105 Å². The molecule has 0 nitrogen and oxygen atoms in total. The van der Waals surface area contributed by atoms with Crippen LogP contribution in [-0.2, 0) is 0 Å². The third-order valence-corrected chi connectivity index (χ3v) is 6.89. The largest absolute Gasteiger partial charge is 0.393 e. The lowest BCUT2D eigenvalue weighted by molar-refractivity contribution is -0.204. The summed E-state index contributed by atoms with van der Waals surface area (Å²) in [4.78, 5) is 0. The molecule has 0 aromatic rings. The first-order valence-corrected chi connectivity index (χ1v) is 31.5. The molecule has 0 aliphatic heterocycles. The summed E-state index contributed by atoms with van der Waals surface area (Å²) >= 11 is 0. The maximum Gasteiger partial charge on any atom is 0.393 e. The summed E-state index contributed by atoms with van der Waals surface area (Å²) < 4.78 is 161. The fraction of sp³-hybridized carbons (Fsp3) is 1.00. The highest BCUT2D eigenvalue weighted by Gasteiger charge is 2.43. The zero-order valence-corrected chi connectivity index (χ0v) is 61.5. The molecule has 0 fully saturated rings. The summed E-state index contributed by atoms with van der Waals surface area (Å²) in [7, 11) is 0. The van der Waals surface area contributed by atoms with Crippen molar-refractivity contribution < 1.29 is 55.1 Å². The van der Waals surface area contributed by atoms with Gasteiger partial charge in [0, 0.05) is 32.0 Å². The van der Waals surface area contributed by atoms with Gasteiger partial charge in [-0.1, -0.05) is 351 Å². The second-order valence-electron chi connectivity index (χ2n) is 23.1. The van der Waals surface area contributed by atoms with Gasteiger partial charge in [-0.15, -0.1) is 0 Å². The quantitative estimate of drug-likeness (QED) is 0.152. The van der Waals surface area contributed by atoms with Gasteiger partial charge in [0.25, 0.3) is 0 Å². The van der Waals surface area contributed by atoms with Gasteiger partial charge in [0.15, 0.2) is 0 Å². The Bertz CT molecular complexity index is 946. The summed E-state index contributed by atoms with van der Waals surface area (Å²) in [6, 6.07) is 0. The first kappa shape index (κ1) is 104. The normalized spacial score (nSPS) is 11.7. The third kappa shape index (κ3) is 362. The molecule has 0 rings (SSSR count). The lowest BCUT2D eigenvalue weighted by Crippen LogP contribution is -2.28. The van der Waals surface area contributed by atoms with Crippen molar-refractivity contribution in [2.45, 2.75) is 421 Å². The maximum atomic E-state index is 11.9. The van der Waals surface area contributed by atoms with Crippen LogP contribution >= 0.6 is 0 Å². The van der Waals surface area contributed by atoms with E-state index in [1.54, 1.807) is 20.8 Å². The Morgan fingerprint density at radius 3 is 0.550 bits per heavy atom. The smallest absolute Gasteiger partial charge is 0.248 e. The molecule has 0 bridgehead atoms. The molecule has 1 atom stereocenters. The van der Waals surface area contributed by atoms with Gasteiger partial charge in [0.2, 0.25) is 11.8 Å².